The predicted octanol–water partition coefficient (Wildman–Crippen LogP) is 5.64. The standard InChI is InChI=1S/C28H33ClN4O/c1-4-5-6-22-7-11-24(12-8-22)28(34)33-17-15-32(16-18-33)27-26(20(2)30-21(3)31-27)19-23-9-13-25(29)14-10-23/h7-14H,4-6,15-19H2,1-3H3. The maximum absolute atomic E-state index is 13.1. The van der Waals surface area contributed by atoms with Gasteiger partial charge < -0.3 is 9.80 Å². The fraction of sp³-hybridized carbons (Fsp3) is 0.393. The molecular weight excluding hydrogens is 444 g/mol. The quantitative estimate of drug-likeness (QED) is 0.442. The average Bonchev–Trinajstić information content (AvgIpc) is 2.85. The summed E-state index contributed by atoms with van der Waals surface area (Å²) in [5.74, 6) is 1.86. The maximum Gasteiger partial charge on any atom is 0.253 e. The first-order valence-corrected chi connectivity index (χ1v) is 12.5. The van der Waals surface area contributed by atoms with Crippen molar-refractivity contribution in [1.29, 1.82) is 0 Å². The SMILES string of the molecule is CCCCc1ccc(C(=O)N2CCN(c3nc(C)nc(C)c3Cc3ccc(Cl)cc3)CC2)cc1. The van der Waals surface area contributed by atoms with Gasteiger partial charge in [0.15, 0.2) is 0 Å². The van der Waals surface area contributed by atoms with Gasteiger partial charge in [0.2, 0.25) is 0 Å². The average molecular weight is 477 g/mol. The van der Waals surface area contributed by atoms with Crippen molar-refractivity contribution in [3.63, 3.8) is 0 Å². The second-order valence-electron chi connectivity index (χ2n) is 9.04. The summed E-state index contributed by atoms with van der Waals surface area (Å²) in [5.41, 5.74) is 5.38. The van der Waals surface area contributed by atoms with Crippen molar-refractivity contribution in [2.45, 2.75) is 46.5 Å². The van der Waals surface area contributed by atoms with E-state index in [1.165, 1.54) is 24.0 Å². The van der Waals surface area contributed by atoms with Crippen LogP contribution in [0.1, 0.15) is 58.3 Å². The van der Waals surface area contributed by atoms with Crippen LogP contribution in [0.2, 0.25) is 5.02 Å². The summed E-state index contributed by atoms with van der Waals surface area (Å²) in [6.45, 7) is 9.05. The van der Waals surface area contributed by atoms with Crippen LogP contribution in [0.4, 0.5) is 5.82 Å². The largest absolute Gasteiger partial charge is 0.353 e. The molecule has 178 valence electrons. The number of amides is 1. The lowest BCUT2D eigenvalue weighted by molar-refractivity contribution is 0.0746. The van der Waals surface area contributed by atoms with E-state index in [1.54, 1.807) is 0 Å². The third-order valence-corrected chi connectivity index (χ3v) is 6.74. The first kappa shape index (κ1) is 24.2. The van der Waals surface area contributed by atoms with Crippen LogP contribution in [0.3, 0.4) is 0 Å². The Morgan fingerprint density at radius 3 is 2.21 bits per heavy atom. The molecule has 0 unspecified atom stereocenters. The van der Waals surface area contributed by atoms with Gasteiger partial charge in [0, 0.05) is 54.4 Å². The maximum atomic E-state index is 13.1. The Kier molecular flexibility index (Phi) is 7.84. The van der Waals surface area contributed by atoms with Crippen LogP contribution >= 0.6 is 11.6 Å². The molecule has 0 atom stereocenters. The van der Waals surface area contributed by atoms with Gasteiger partial charge >= 0.3 is 0 Å². The van der Waals surface area contributed by atoms with E-state index >= 15 is 0 Å². The number of benzene rings is 2. The summed E-state index contributed by atoms with van der Waals surface area (Å²) in [5, 5.41) is 0.734. The van der Waals surface area contributed by atoms with Crippen LogP contribution in [0.15, 0.2) is 48.5 Å². The van der Waals surface area contributed by atoms with Crippen LogP contribution in [-0.4, -0.2) is 47.0 Å². The van der Waals surface area contributed by atoms with E-state index < -0.39 is 0 Å². The number of carbonyl (C=O) groups excluding carboxylic acids is 1. The zero-order valence-electron chi connectivity index (χ0n) is 20.4. The van der Waals surface area contributed by atoms with Gasteiger partial charge in [0.1, 0.15) is 11.6 Å². The summed E-state index contributed by atoms with van der Waals surface area (Å²) < 4.78 is 0. The second kappa shape index (κ2) is 11.0. The third kappa shape index (κ3) is 5.76. The first-order valence-electron chi connectivity index (χ1n) is 12.2. The van der Waals surface area contributed by atoms with Gasteiger partial charge in [-0.2, -0.15) is 0 Å². The van der Waals surface area contributed by atoms with Crippen molar-refractivity contribution in [2.75, 3.05) is 31.1 Å². The molecular formula is C28H33ClN4O. The number of halogens is 1. The van der Waals surface area contributed by atoms with Crippen LogP contribution in [0, 0.1) is 13.8 Å². The Morgan fingerprint density at radius 2 is 1.56 bits per heavy atom. The highest BCUT2D eigenvalue weighted by Crippen LogP contribution is 2.26. The van der Waals surface area contributed by atoms with Crippen LogP contribution in [0.5, 0.6) is 0 Å². The fourth-order valence-electron chi connectivity index (χ4n) is 4.49. The summed E-state index contributed by atoms with van der Waals surface area (Å²) in [4.78, 5) is 26.8. The van der Waals surface area contributed by atoms with Crippen molar-refractivity contribution in [1.82, 2.24) is 14.9 Å². The molecule has 1 aliphatic heterocycles. The van der Waals surface area contributed by atoms with E-state index in [2.05, 4.69) is 41.1 Å². The number of aryl methyl sites for hydroxylation is 3. The zero-order valence-corrected chi connectivity index (χ0v) is 21.1. The molecule has 0 spiro atoms. The van der Waals surface area contributed by atoms with E-state index in [1.807, 2.05) is 43.0 Å². The van der Waals surface area contributed by atoms with E-state index in [0.29, 0.717) is 13.1 Å². The molecule has 5 nitrogen and oxygen atoms in total. The lowest BCUT2D eigenvalue weighted by Gasteiger charge is -2.36. The number of hydrogen-bond acceptors (Lipinski definition) is 4. The fourth-order valence-corrected chi connectivity index (χ4v) is 4.62. The van der Waals surface area contributed by atoms with Gasteiger partial charge in [-0.1, -0.05) is 49.2 Å². The highest BCUT2D eigenvalue weighted by molar-refractivity contribution is 6.30. The van der Waals surface area contributed by atoms with Crippen molar-refractivity contribution in [3.8, 4) is 0 Å². The van der Waals surface area contributed by atoms with Gasteiger partial charge in [-0.05, 0) is 62.1 Å². The Balaban J connectivity index is 1.45. The number of nitrogens with zero attached hydrogens (tertiary/aromatic N) is 4. The van der Waals surface area contributed by atoms with E-state index in [-0.39, 0.29) is 5.91 Å². The lowest BCUT2D eigenvalue weighted by Crippen LogP contribution is -2.49. The van der Waals surface area contributed by atoms with Gasteiger partial charge in [0.05, 0.1) is 0 Å². The summed E-state index contributed by atoms with van der Waals surface area (Å²) in [7, 11) is 0. The molecule has 1 amide bonds. The summed E-state index contributed by atoms with van der Waals surface area (Å²) >= 11 is 6.07. The minimum atomic E-state index is 0.109. The first-order chi connectivity index (χ1) is 16.4. The van der Waals surface area contributed by atoms with Crippen molar-refractivity contribution < 1.29 is 4.79 Å². The van der Waals surface area contributed by atoms with Crippen molar-refractivity contribution in [3.05, 3.63) is 87.3 Å². The molecule has 3 aromatic rings. The Bertz CT molecular complexity index is 1120. The number of rotatable bonds is 7. The molecule has 6 heteroatoms. The number of aromatic nitrogens is 2. The second-order valence-corrected chi connectivity index (χ2v) is 9.48. The van der Waals surface area contributed by atoms with Crippen LogP contribution in [0.25, 0.3) is 0 Å². The van der Waals surface area contributed by atoms with Gasteiger partial charge in [-0.25, -0.2) is 9.97 Å². The molecule has 0 radical (unpaired) electrons. The van der Waals surface area contributed by atoms with E-state index in [9.17, 15) is 4.79 Å². The molecule has 2 aromatic carbocycles. The number of unbranched alkanes of at least 4 members (excludes halogenated alkanes) is 1. The smallest absolute Gasteiger partial charge is 0.253 e. The van der Waals surface area contributed by atoms with Crippen LogP contribution in [-0.2, 0) is 12.8 Å². The molecule has 2 heterocycles. The van der Waals surface area contributed by atoms with Gasteiger partial charge in [0.25, 0.3) is 5.91 Å². The molecule has 1 aliphatic rings. The van der Waals surface area contributed by atoms with Gasteiger partial charge in [-0.15, -0.1) is 0 Å². The molecule has 0 aliphatic carbocycles. The highest BCUT2D eigenvalue weighted by atomic mass is 35.5. The lowest BCUT2D eigenvalue weighted by atomic mass is 10.0. The normalized spacial score (nSPS) is 13.9. The number of piperazine rings is 1. The van der Waals surface area contributed by atoms with Crippen LogP contribution < -0.4 is 4.90 Å². The number of hydrogen-bond donors (Lipinski definition) is 0. The number of anilines is 1. The molecule has 1 aromatic heterocycles. The van der Waals surface area contributed by atoms with Crippen molar-refractivity contribution in [2.24, 2.45) is 0 Å². The molecule has 0 bridgehead atoms. The number of carbonyl (C=O) groups is 1. The topological polar surface area (TPSA) is 49.3 Å². The molecule has 1 fully saturated rings. The van der Waals surface area contributed by atoms with E-state index in [4.69, 9.17) is 16.6 Å². The molecule has 0 saturated carbocycles. The highest BCUT2D eigenvalue weighted by Gasteiger charge is 2.25. The summed E-state index contributed by atoms with van der Waals surface area (Å²) in [6, 6.07) is 16.1. The van der Waals surface area contributed by atoms with E-state index in [0.717, 1.165) is 59.4 Å². The molecule has 34 heavy (non-hydrogen) atoms. The summed E-state index contributed by atoms with van der Waals surface area (Å²) in [6.07, 6.45) is 4.18. The minimum Gasteiger partial charge on any atom is -0.353 e. The molecule has 0 N–H and O–H groups in total. The zero-order chi connectivity index (χ0) is 24.1. The Labute approximate surface area is 207 Å². The van der Waals surface area contributed by atoms with Crippen molar-refractivity contribution >= 4 is 23.3 Å². The predicted molar refractivity (Wildman–Crippen MR) is 139 cm³/mol. The monoisotopic (exact) mass is 476 g/mol. The Hall–Kier alpha value is -2.92. The third-order valence-electron chi connectivity index (χ3n) is 6.48. The van der Waals surface area contributed by atoms with Gasteiger partial charge in [-0.3, -0.25) is 4.79 Å². The Morgan fingerprint density at radius 1 is 0.912 bits per heavy atom. The minimum absolute atomic E-state index is 0.109. The molecule has 4 rings (SSSR count). The molecule has 1 saturated heterocycles.